The largest absolute Gasteiger partial charge is 0.451 e. The van der Waals surface area contributed by atoms with Gasteiger partial charge in [-0.1, -0.05) is 6.07 Å². The van der Waals surface area contributed by atoms with E-state index in [0.717, 1.165) is 21.6 Å². The summed E-state index contributed by atoms with van der Waals surface area (Å²) in [5.41, 5.74) is 4.13. The number of aryl methyl sites for hydroxylation is 3. The summed E-state index contributed by atoms with van der Waals surface area (Å²) < 4.78 is 5.35. The number of anilines is 1. The Morgan fingerprint density at radius 2 is 1.45 bits per heavy atom. The fourth-order valence-electron chi connectivity index (χ4n) is 3.34. The average Bonchev–Trinajstić information content (AvgIpc) is 3.02. The molecule has 2 aromatic rings. The van der Waals surface area contributed by atoms with Gasteiger partial charge in [0, 0.05) is 18.4 Å². The highest BCUT2D eigenvalue weighted by atomic mass is 16.5. The van der Waals surface area contributed by atoms with Gasteiger partial charge in [0.05, 0.1) is 11.3 Å². The van der Waals surface area contributed by atoms with Gasteiger partial charge in [-0.2, -0.15) is 0 Å². The van der Waals surface area contributed by atoms with Gasteiger partial charge in [0.2, 0.25) is 17.6 Å². The lowest BCUT2D eigenvalue weighted by Crippen LogP contribution is -2.28. The maximum absolute atomic E-state index is 12.7. The van der Waals surface area contributed by atoms with Crippen LogP contribution in [0.2, 0.25) is 0 Å². The number of carbonyl (C=O) groups excluding carboxylic acids is 4. The van der Waals surface area contributed by atoms with Crippen LogP contribution in [0.1, 0.15) is 57.2 Å². The first-order chi connectivity index (χ1) is 13.7. The normalized spacial score (nSPS) is 14.8. The van der Waals surface area contributed by atoms with Crippen LogP contribution in [0.15, 0.2) is 36.4 Å². The maximum atomic E-state index is 12.7. The van der Waals surface area contributed by atoms with Crippen molar-refractivity contribution >= 4 is 29.3 Å². The molecule has 2 amide bonds. The Balaban J connectivity index is 1.71. The van der Waals surface area contributed by atoms with Crippen LogP contribution in [0.5, 0.6) is 0 Å². The standard InChI is InChI=1S/C23H23NO5/c1-13-11-15(3)19(12-14(13)2)22(27)16(4)29-23(28)17-5-7-18(8-6-17)24-20(25)9-10-21(24)26/h5-8,11-12,16H,9-10H2,1-4H3/t16-/m1/s1. The number of hydrogen-bond acceptors (Lipinski definition) is 5. The van der Waals surface area contributed by atoms with Gasteiger partial charge in [-0.25, -0.2) is 4.79 Å². The number of ether oxygens (including phenoxy) is 1. The Labute approximate surface area is 169 Å². The number of rotatable bonds is 5. The Kier molecular flexibility index (Phi) is 5.64. The predicted octanol–water partition coefficient (Wildman–Crippen LogP) is 3.69. The summed E-state index contributed by atoms with van der Waals surface area (Å²) in [6.07, 6.45) is -0.551. The zero-order valence-electron chi connectivity index (χ0n) is 16.9. The van der Waals surface area contributed by atoms with Crippen molar-refractivity contribution in [3.8, 4) is 0 Å². The van der Waals surface area contributed by atoms with Gasteiger partial charge in [0.25, 0.3) is 0 Å². The van der Waals surface area contributed by atoms with Crippen molar-refractivity contribution in [2.45, 2.75) is 46.6 Å². The highest BCUT2D eigenvalue weighted by molar-refractivity contribution is 6.19. The van der Waals surface area contributed by atoms with Gasteiger partial charge in [-0.05, 0) is 74.7 Å². The molecular formula is C23H23NO5. The van der Waals surface area contributed by atoms with Crippen molar-refractivity contribution in [3.63, 3.8) is 0 Å². The molecule has 2 aromatic carbocycles. The third-order valence-electron chi connectivity index (χ3n) is 5.17. The Morgan fingerprint density at radius 1 is 0.897 bits per heavy atom. The van der Waals surface area contributed by atoms with E-state index in [9.17, 15) is 19.2 Å². The van der Waals surface area contributed by atoms with Gasteiger partial charge in [0.15, 0.2) is 6.10 Å². The van der Waals surface area contributed by atoms with Crippen LogP contribution < -0.4 is 4.90 Å². The van der Waals surface area contributed by atoms with Gasteiger partial charge < -0.3 is 4.74 Å². The van der Waals surface area contributed by atoms with Crippen LogP contribution >= 0.6 is 0 Å². The van der Waals surface area contributed by atoms with Crippen molar-refractivity contribution < 1.29 is 23.9 Å². The molecule has 1 heterocycles. The second-order valence-electron chi connectivity index (χ2n) is 7.33. The first-order valence-electron chi connectivity index (χ1n) is 9.48. The molecule has 6 heteroatoms. The third kappa shape index (κ3) is 4.11. The van der Waals surface area contributed by atoms with Gasteiger partial charge in [-0.15, -0.1) is 0 Å². The van der Waals surface area contributed by atoms with Gasteiger partial charge in [-0.3, -0.25) is 19.3 Å². The Bertz CT molecular complexity index is 991. The summed E-state index contributed by atoms with van der Waals surface area (Å²) >= 11 is 0. The molecule has 1 fully saturated rings. The Hall–Kier alpha value is -3.28. The van der Waals surface area contributed by atoms with E-state index in [4.69, 9.17) is 4.74 Å². The average molecular weight is 393 g/mol. The molecule has 1 aliphatic rings. The van der Waals surface area contributed by atoms with E-state index in [1.54, 1.807) is 6.92 Å². The molecule has 3 rings (SSSR count). The summed E-state index contributed by atoms with van der Waals surface area (Å²) in [5, 5.41) is 0. The van der Waals surface area contributed by atoms with Crippen LogP contribution in [0, 0.1) is 20.8 Å². The minimum absolute atomic E-state index is 0.195. The summed E-state index contributed by atoms with van der Waals surface area (Å²) in [5.74, 6) is -1.41. The van der Waals surface area contributed by atoms with Crippen LogP contribution in [0.4, 0.5) is 5.69 Å². The lowest BCUT2D eigenvalue weighted by atomic mass is 9.96. The van der Waals surface area contributed by atoms with E-state index in [1.807, 2.05) is 32.9 Å². The predicted molar refractivity (Wildman–Crippen MR) is 108 cm³/mol. The fourth-order valence-corrected chi connectivity index (χ4v) is 3.34. The molecule has 0 aliphatic carbocycles. The quantitative estimate of drug-likeness (QED) is 0.440. The van der Waals surface area contributed by atoms with Crippen LogP contribution in [-0.4, -0.2) is 29.7 Å². The van der Waals surface area contributed by atoms with Gasteiger partial charge in [0.1, 0.15) is 0 Å². The minimum Gasteiger partial charge on any atom is -0.451 e. The van der Waals surface area contributed by atoms with Crippen LogP contribution in [-0.2, 0) is 14.3 Å². The van der Waals surface area contributed by atoms with Crippen molar-refractivity contribution in [2.24, 2.45) is 0 Å². The van der Waals surface area contributed by atoms with Gasteiger partial charge >= 0.3 is 5.97 Å². The summed E-state index contributed by atoms with van der Waals surface area (Å²) in [7, 11) is 0. The number of nitrogens with zero attached hydrogens (tertiary/aromatic N) is 1. The summed E-state index contributed by atoms with van der Waals surface area (Å²) in [6, 6.07) is 9.77. The van der Waals surface area contributed by atoms with E-state index in [-0.39, 0.29) is 36.0 Å². The van der Waals surface area contributed by atoms with E-state index >= 15 is 0 Å². The van der Waals surface area contributed by atoms with Crippen molar-refractivity contribution in [2.75, 3.05) is 4.90 Å². The number of benzene rings is 2. The van der Waals surface area contributed by atoms with Crippen molar-refractivity contribution in [1.82, 2.24) is 0 Å². The molecule has 1 saturated heterocycles. The topological polar surface area (TPSA) is 80.8 Å². The smallest absolute Gasteiger partial charge is 0.338 e. The summed E-state index contributed by atoms with van der Waals surface area (Å²) in [4.78, 5) is 49.9. The second-order valence-corrected chi connectivity index (χ2v) is 7.33. The monoisotopic (exact) mass is 393 g/mol. The molecule has 0 saturated carbocycles. The molecule has 29 heavy (non-hydrogen) atoms. The second kappa shape index (κ2) is 7.99. The van der Waals surface area contributed by atoms with E-state index in [1.165, 1.54) is 24.3 Å². The molecule has 0 radical (unpaired) electrons. The number of esters is 1. The SMILES string of the molecule is Cc1cc(C)c(C(=O)[C@@H](C)OC(=O)c2ccc(N3C(=O)CCC3=O)cc2)cc1C. The zero-order chi connectivity index (χ0) is 21.3. The zero-order valence-corrected chi connectivity index (χ0v) is 16.9. The van der Waals surface area contributed by atoms with Crippen LogP contribution in [0.3, 0.4) is 0 Å². The molecule has 0 unspecified atom stereocenters. The van der Waals surface area contributed by atoms with E-state index in [0.29, 0.717) is 11.3 Å². The highest BCUT2D eigenvalue weighted by Crippen LogP contribution is 2.23. The molecule has 1 atom stereocenters. The number of ketones is 1. The highest BCUT2D eigenvalue weighted by Gasteiger charge is 2.30. The lowest BCUT2D eigenvalue weighted by molar-refractivity contribution is -0.121. The molecule has 6 nitrogen and oxygen atoms in total. The number of hydrogen-bond donors (Lipinski definition) is 0. The third-order valence-corrected chi connectivity index (χ3v) is 5.17. The van der Waals surface area contributed by atoms with Crippen molar-refractivity contribution in [1.29, 1.82) is 0 Å². The Morgan fingerprint density at radius 3 is 2.03 bits per heavy atom. The molecule has 0 spiro atoms. The minimum atomic E-state index is -0.940. The molecule has 0 aromatic heterocycles. The number of Topliss-reactive ketones (excluding diaryl/α,β-unsaturated/α-hetero) is 1. The van der Waals surface area contributed by atoms with Crippen LogP contribution in [0.25, 0.3) is 0 Å². The number of carbonyl (C=O) groups is 4. The molecule has 1 aliphatic heterocycles. The number of imide groups is 1. The lowest BCUT2D eigenvalue weighted by Gasteiger charge is -2.16. The molecule has 0 bridgehead atoms. The van der Waals surface area contributed by atoms with E-state index in [2.05, 4.69) is 0 Å². The number of amides is 2. The first kappa shape index (κ1) is 20.5. The van der Waals surface area contributed by atoms with E-state index < -0.39 is 12.1 Å². The maximum Gasteiger partial charge on any atom is 0.338 e. The molecule has 150 valence electrons. The first-order valence-corrected chi connectivity index (χ1v) is 9.48. The molecule has 0 N–H and O–H groups in total. The molecular weight excluding hydrogens is 370 g/mol. The summed E-state index contributed by atoms with van der Waals surface area (Å²) in [6.45, 7) is 7.31. The fraction of sp³-hybridized carbons (Fsp3) is 0.304. The van der Waals surface area contributed by atoms with Crippen molar-refractivity contribution in [3.05, 3.63) is 64.2 Å².